The van der Waals surface area contributed by atoms with Crippen LogP contribution in [-0.4, -0.2) is 22.2 Å². The molecule has 0 radical (unpaired) electrons. The van der Waals surface area contributed by atoms with Gasteiger partial charge in [-0.1, -0.05) is 23.7 Å². The summed E-state index contributed by atoms with van der Waals surface area (Å²) in [6.07, 6.45) is 1.58. The van der Waals surface area contributed by atoms with E-state index in [2.05, 4.69) is 5.10 Å². The number of halogens is 1. The van der Waals surface area contributed by atoms with Crippen molar-refractivity contribution >= 4 is 17.4 Å². The van der Waals surface area contributed by atoms with Crippen LogP contribution in [0.5, 0.6) is 0 Å². The molecule has 92 valence electrons. The van der Waals surface area contributed by atoms with E-state index in [9.17, 15) is 4.79 Å². The van der Waals surface area contributed by atoms with Crippen LogP contribution in [0.3, 0.4) is 0 Å². The van der Waals surface area contributed by atoms with Crippen LogP contribution >= 0.6 is 11.6 Å². The third-order valence-electron chi connectivity index (χ3n) is 3.04. The van der Waals surface area contributed by atoms with Gasteiger partial charge in [0.05, 0.1) is 34.8 Å². The Morgan fingerprint density at radius 1 is 1.39 bits per heavy atom. The van der Waals surface area contributed by atoms with Crippen molar-refractivity contribution in [3.8, 4) is 5.69 Å². The SMILES string of the molecule is Cc1cccc(-n2ncc3c2COCC3=O)c1Cl. The lowest BCUT2D eigenvalue weighted by atomic mass is 10.1. The second-order valence-corrected chi connectivity index (χ2v) is 4.62. The van der Waals surface area contributed by atoms with E-state index in [1.54, 1.807) is 10.9 Å². The first-order chi connectivity index (χ1) is 8.68. The zero-order chi connectivity index (χ0) is 12.7. The Morgan fingerprint density at radius 3 is 3.06 bits per heavy atom. The van der Waals surface area contributed by atoms with Gasteiger partial charge in [-0.15, -0.1) is 0 Å². The van der Waals surface area contributed by atoms with Gasteiger partial charge in [-0.05, 0) is 18.6 Å². The molecule has 0 bridgehead atoms. The summed E-state index contributed by atoms with van der Waals surface area (Å²) in [6, 6.07) is 5.72. The summed E-state index contributed by atoms with van der Waals surface area (Å²) in [7, 11) is 0. The summed E-state index contributed by atoms with van der Waals surface area (Å²) in [4.78, 5) is 11.7. The van der Waals surface area contributed by atoms with Crippen molar-refractivity contribution in [3.05, 3.63) is 46.2 Å². The molecule has 0 fully saturated rings. The summed E-state index contributed by atoms with van der Waals surface area (Å²) in [5.41, 5.74) is 3.13. The first-order valence-corrected chi connectivity index (χ1v) is 5.99. The van der Waals surface area contributed by atoms with E-state index in [1.807, 2.05) is 25.1 Å². The van der Waals surface area contributed by atoms with Crippen LogP contribution in [0, 0.1) is 6.92 Å². The van der Waals surface area contributed by atoms with Crippen molar-refractivity contribution in [1.29, 1.82) is 0 Å². The average molecular weight is 263 g/mol. The number of fused-ring (bicyclic) bond motifs is 1. The van der Waals surface area contributed by atoms with Crippen LogP contribution in [0.25, 0.3) is 5.69 Å². The van der Waals surface area contributed by atoms with Gasteiger partial charge in [0, 0.05) is 0 Å². The fraction of sp³-hybridized carbons (Fsp3) is 0.231. The molecule has 0 unspecified atom stereocenters. The fourth-order valence-corrected chi connectivity index (χ4v) is 2.27. The van der Waals surface area contributed by atoms with Crippen LogP contribution in [0.2, 0.25) is 5.02 Å². The molecule has 1 aromatic heterocycles. The van der Waals surface area contributed by atoms with E-state index >= 15 is 0 Å². The number of nitrogens with zero attached hydrogens (tertiary/aromatic N) is 2. The minimum Gasteiger partial charge on any atom is -0.367 e. The van der Waals surface area contributed by atoms with Crippen LogP contribution in [0.1, 0.15) is 21.6 Å². The van der Waals surface area contributed by atoms with Crippen LogP contribution in [0.15, 0.2) is 24.4 Å². The Morgan fingerprint density at radius 2 is 2.22 bits per heavy atom. The summed E-state index contributed by atoms with van der Waals surface area (Å²) >= 11 is 6.28. The van der Waals surface area contributed by atoms with E-state index in [0.29, 0.717) is 17.2 Å². The number of ketones is 1. The molecule has 1 aromatic carbocycles. The van der Waals surface area contributed by atoms with E-state index in [0.717, 1.165) is 16.9 Å². The first-order valence-electron chi connectivity index (χ1n) is 5.62. The maximum Gasteiger partial charge on any atom is 0.192 e. The highest BCUT2D eigenvalue weighted by molar-refractivity contribution is 6.33. The average Bonchev–Trinajstić information content (AvgIpc) is 2.78. The number of aryl methyl sites for hydroxylation is 1. The van der Waals surface area contributed by atoms with Gasteiger partial charge in [0.15, 0.2) is 5.78 Å². The molecule has 0 N–H and O–H groups in total. The van der Waals surface area contributed by atoms with Gasteiger partial charge in [0.25, 0.3) is 0 Å². The smallest absolute Gasteiger partial charge is 0.192 e. The molecule has 0 aliphatic carbocycles. The molecule has 0 atom stereocenters. The summed E-state index contributed by atoms with van der Waals surface area (Å²) in [6.45, 7) is 2.44. The number of carbonyl (C=O) groups excluding carboxylic acids is 1. The molecular formula is C13H11ClN2O2. The molecule has 0 amide bonds. The highest BCUT2D eigenvalue weighted by atomic mass is 35.5. The lowest BCUT2D eigenvalue weighted by Crippen LogP contribution is -2.19. The molecule has 18 heavy (non-hydrogen) atoms. The van der Waals surface area contributed by atoms with Gasteiger partial charge in [-0.25, -0.2) is 4.68 Å². The summed E-state index contributed by atoms with van der Waals surface area (Å²) in [5.74, 6) is -0.0359. The second kappa shape index (κ2) is 4.23. The minimum atomic E-state index is -0.0359. The normalized spacial score (nSPS) is 14.7. The van der Waals surface area contributed by atoms with E-state index in [-0.39, 0.29) is 12.4 Å². The standard InChI is InChI=1S/C13H11ClN2O2/c1-8-3-2-4-10(13(8)14)16-11-6-18-7-12(17)9(11)5-15-16/h2-5H,6-7H2,1H3. The maximum atomic E-state index is 11.7. The first kappa shape index (κ1) is 11.4. The number of hydrogen-bond acceptors (Lipinski definition) is 3. The van der Waals surface area contributed by atoms with E-state index in [4.69, 9.17) is 16.3 Å². The van der Waals surface area contributed by atoms with Crippen LogP contribution in [-0.2, 0) is 11.3 Å². The molecule has 2 aromatic rings. The summed E-state index contributed by atoms with van der Waals surface area (Å²) in [5, 5.41) is 4.89. The van der Waals surface area contributed by atoms with Gasteiger partial charge in [-0.3, -0.25) is 4.79 Å². The highest BCUT2D eigenvalue weighted by Crippen LogP contribution is 2.27. The highest BCUT2D eigenvalue weighted by Gasteiger charge is 2.23. The number of aromatic nitrogens is 2. The van der Waals surface area contributed by atoms with Gasteiger partial charge in [0.2, 0.25) is 0 Å². The number of ether oxygens (including phenoxy) is 1. The van der Waals surface area contributed by atoms with Gasteiger partial charge in [0.1, 0.15) is 6.61 Å². The molecular weight excluding hydrogens is 252 g/mol. The van der Waals surface area contributed by atoms with Gasteiger partial charge in [-0.2, -0.15) is 5.10 Å². The lowest BCUT2D eigenvalue weighted by Gasteiger charge is -2.15. The topological polar surface area (TPSA) is 44.1 Å². The Kier molecular flexibility index (Phi) is 2.69. The predicted molar refractivity (Wildman–Crippen MR) is 67.3 cm³/mol. The monoisotopic (exact) mass is 262 g/mol. The number of hydrogen-bond donors (Lipinski definition) is 0. The number of carbonyl (C=O) groups is 1. The van der Waals surface area contributed by atoms with Crippen molar-refractivity contribution < 1.29 is 9.53 Å². The van der Waals surface area contributed by atoms with Crippen molar-refractivity contribution in [2.24, 2.45) is 0 Å². The summed E-state index contributed by atoms with van der Waals surface area (Å²) < 4.78 is 6.93. The molecule has 0 spiro atoms. The second-order valence-electron chi connectivity index (χ2n) is 4.24. The molecule has 1 aliphatic rings. The molecule has 4 nitrogen and oxygen atoms in total. The number of rotatable bonds is 1. The number of Topliss-reactive ketones (excluding diaryl/α,β-unsaturated/α-hetero) is 1. The molecule has 0 saturated heterocycles. The van der Waals surface area contributed by atoms with E-state index < -0.39 is 0 Å². The predicted octanol–water partition coefficient (Wildman–Crippen LogP) is 2.55. The number of benzene rings is 1. The van der Waals surface area contributed by atoms with Crippen molar-refractivity contribution in [1.82, 2.24) is 9.78 Å². The van der Waals surface area contributed by atoms with Gasteiger partial charge < -0.3 is 4.74 Å². The van der Waals surface area contributed by atoms with Crippen LogP contribution < -0.4 is 0 Å². The third kappa shape index (κ3) is 1.65. The Bertz CT molecular complexity index is 634. The molecule has 1 aliphatic heterocycles. The Labute approximate surface area is 109 Å². The largest absolute Gasteiger partial charge is 0.367 e. The molecule has 2 heterocycles. The quantitative estimate of drug-likeness (QED) is 0.793. The van der Waals surface area contributed by atoms with Crippen molar-refractivity contribution in [2.45, 2.75) is 13.5 Å². The van der Waals surface area contributed by atoms with Crippen molar-refractivity contribution in [3.63, 3.8) is 0 Å². The molecule has 0 saturated carbocycles. The zero-order valence-electron chi connectivity index (χ0n) is 9.81. The van der Waals surface area contributed by atoms with Crippen molar-refractivity contribution in [2.75, 3.05) is 6.61 Å². The van der Waals surface area contributed by atoms with Crippen LogP contribution in [0.4, 0.5) is 0 Å². The third-order valence-corrected chi connectivity index (χ3v) is 3.53. The lowest BCUT2D eigenvalue weighted by molar-refractivity contribution is 0.0653. The molecule has 5 heteroatoms. The minimum absolute atomic E-state index is 0.0359. The Balaban J connectivity index is 2.19. The van der Waals surface area contributed by atoms with Gasteiger partial charge >= 0.3 is 0 Å². The Hall–Kier alpha value is -1.65. The maximum absolute atomic E-state index is 11.7. The fourth-order valence-electron chi connectivity index (χ4n) is 2.07. The zero-order valence-corrected chi connectivity index (χ0v) is 10.6. The van der Waals surface area contributed by atoms with E-state index in [1.165, 1.54) is 0 Å². The molecule has 3 rings (SSSR count).